The molecule has 2 N–H and O–H groups in total. The van der Waals surface area contributed by atoms with Crippen LogP contribution in [0.15, 0.2) is 17.0 Å². The third-order valence-corrected chi connectivity index (χ3v) is 5.53. The van der Waals surface area contributed by atoms with E-state index >= 15 is 0 Å². The number of anilines is 1. The van der Waals surface area contributed by atoms with Crippen molar-refractivity contribution in [1.29, 1.82) is 0 Å². The highest BCUT2D eigenvalue weighted by molar-refractivity contribution is 8.00. The van der Waals surface area contributed by atoms with Crippen LogP contribution < -0.4 is 10.6 Å². The van der Waals surface area contributed by atoms with Crippen molar-refractivity contribution in [2.45, 2.75) is 43.9 Å². The molecule has 3 nitrogen and oxygen atoms in total. The Morgan fingerprint density at radius 3 is 2.70 bits per heavy atom. The van der Waals surface area contributed by atoms with Gasteiger partial charge >= 0.3 is 0 Å². The molecule has 1 aliphatic heterocycles. The average Bonchev–Trinajstić information content (AvgIpc) is 2.67. The highest BCUT2D eigenvalue weighted by atomic mass is 35.5. The lowest BCUT2D eigenvalue weighted by Gasteiger charge is -2.17. The van der Waals surface area contributed by atoms with E-state index in [1.807, 2.05) is 19.1 Å². The molecule has 0 aromatic heterocycles. The molecule has 1 aliphatic rings. The van der Waals surface area contributed by atoms with Crippen LogP contribution in [0.5, 0.6) is 0 Å². The first-order chi connectivity index (χ1) is 9.43. The SMILES string of the molecule is CCNC1C(=O)Nc2cc(SC(C)C(C)C)c(Cl)cc21. The Balaban J connectivity index is 2.29. The van der Waals surface area contributed by atoms with Gasteiger partial charge in [0.05, 0.1) is 5.02 Å². The fraction of sp³-hybridized carbons (Fsp3) is 0.533. The summed E-state index contributed by atoms with van der Waals surface area (Å²) in [5.74, 6) is 0.574. The number of fused-ring (bicyclic) bond motifs is 1. The lowest BCUT2D eigenvalue weighted by atomic mass is 10.1. The van der Waals surface area contributed by atoms with Gasteiger partial charge in [0.15, 0.2) is 0 Å². The van der Waals surface area contributed by atoms with Gasteiger partial charge in [-0.05, 0) is 24.6 Å². The number of rotatable bonds is 5. The van der Waals surface area contributed by atoms with Crippen molar-refractivity contribution in [2.75, 3.05) is 11.9 Å². The Bertz CT molecular complexity index is 519. The van der Waals surface area contributed by atoms with Crippen LogP contribution >= 0.6 is 23.4 Å². The van der Waals surface area contributed by atoms with Gasteiger partial charge in [0.25, 0.3) is 0 Å². The first-order valence-electron chi connectivity index (χ1n) is 6.98. The molecule has 2 atom stereocenters. The standard InChI is InChI=1S/C15H21ClN2OS/c1-5-17-14-10-6-11(16)13(20-9(4)8(2)3)7-12(10)18-15(14)19/h6-9,14,17H,5H2,1-4H3,(H,18,19). The van der Waals surface area contributed by atoms with Crippen LogP contribution in [-0.4, -0.2) is 17.7 Å². The van der Waals surface area contributed by atoms with Crippen LogP contribution in [-0.2, 0) is 4.79 Å². The largest absolute Gasteiger partial charge is 0.324 e. The van der Waals surface area contributed by atoms with Gasteiger partial charge in [0, 0.05) is 21.4 Å². The van der Waals surface area contributed by atoms with Crippen LogP contribution in [0.4, 0.5) is 5.69 Å². The summed E-state index contributed by atoms with van der Waals surface area (Å²) in [5, 5.41) is 7.31. The lowest BCUT2D eigenvalue weighted by Crippen LogP contribution is -2.27. The summed E-state index contributed by atoms with van der Waals surface area (Å²) in [5.41, 5.74) is 1.83. The summed E-state index contributed by atoms with van der Waals surface area (Å²) >= 11 is 8.14. The number of hydrogen-bond acceptors (Lipinski definition) is 3. The van der Waals surface area contributed by atoms with Gasteiger partial charge in [-0.15, -0.1) is 11.8 Å². The molecule has 110 valence electrons. The molecule has 0 radical (unpaired) electrons. The minimum absolute atomic E-state index is 0.00280. The van der Waals surface area contributed by atoms with E-state index in [0.29, 0.717) is 11.2 Å². The second-order valence-electron chi connectivity index (χ2n) is 5.42. The Labute approximate surface area is 129 Å². The number of nitrogens with one attached hydrogen (secondary N) is 2. The van der Waals surface area contributed by atoms with Crippen LogP contribution in [0, 0.1) is 5.92 Å². The van der Waals surface area contributed by atoms with E-state index in [1.54, 1.807) is 11.8 Å². The Kier molecular flexibility index (Phi) is 4.99. The molecule has 1 aromatic rings. The predicted molar refractivity (Wildman–Crippen MR) is 86.7 cm³/mol. The van der Waals surface area contributed by atoms with E-state index in [1.165, 1.54) is 0 Å². The Morgan fingerprint density at radius 1 is 1.40 bits per heavy atom. The van der Waals surface area contributed by atoms with Crippen molar-refractivity contribution in [1.82, 2.24) is 5.32 Å². The van der Waals surface area contributed by atoms with Crippen molar-refractivity contribution < 1.29 is 4.79 Å². The van der Waals surface area contributed by atoms with Gasteiger partial charge < -0.3 is 10.6 Å². The molecule has 1 aromatic carbocycles. The molecule has 0 saturated carbocycles. The monoisotopic (exact) mass is 312 g/mol. The molecule has 20 heavy (non-hydrogen) atoms. The molecule has 0 bridgehead atoms. The average molecular weight is 313 g/mol. The first-order valence-corrected chi connectivity index (χ1v) is 8.24. The molecule has 1 heterocycles. The number of benzene rings is 1. The van der Waals surface area contributed by atoms with Gasteiger partial charge in [-0.25, -0.2) is 0 Å². The Hall–Kier alpha value is -0.710. The zero-order valence-electron chi connectivity index (χ0n) is 12.3. The third-order valence-electron chi connectivity index (χ3n) is 3.60. The number of amides is 1. The molecule has 2 rings (SSSR count). The lowest BCUT2D eigenvalue weighted by molar-refractivity contribution is -0.117. The molecule has 0 aliphatic carbocycles. The maximum atomic E-state index is 12.0. The van der Waals surface area contributed by atoms with Crippen molar-refractivity contribution in [3.63, 3.8) is 0 Å². The number of carbonyl (C=O) groups excluding carboxylic acids is 1. The van der Waals surface area contributed by atoms with E-state index in [-0.39, 0.29) is 11.9 Å². The van der Waals surface area contributed by atoms with Crippen molar-refractivity contribution in [3.8, 4) is 0 Å². The molecular formula is C15H21ClN2OS. The molecule has 0 fully saturated rings. The minimum Gasteiger partial charge on any atom is -0.324 e. The third kappa shape index (κ3) is 3.13. The van der Waals surface area contributed by atoms with E-state index in [0.717, 1.165) is 27.7 Å². The van der Waals surface area contributed by atoms with Crippen LogP contribution in [0.3, 0.4) is 0 Å². The highest BCUT2D eigenvalue weighted by Crippen LogP contribution is 2.40. The zero-order chi connectivity index (χ0) is 14.9. The van der Waals surface area contributed by atoms with E-state index in [4.69, 9.17) is 11.6 Å². The van der Waals surface area contributed by atoms with Crippen LogP contribution in [0.1, 0.15) is 39.3 Å². The molecule has 5 heteroatoms. The number of halogens is 1. The molecule has 1 amide bonds. The smallest absolute Gasteiger partial charge is 0.246 e. The Morgan fingerprint density at radius 2 is 2.10 bits per heavy atom. The first kappa shape index (κ1) is 15.7. The predicted octanol–water partition coefficient (Wildman–Crippen LogP) is 4.08. The van der Waals surface area contributed by atoms with Crippen LogP contribution in [0.2, 0.25) is 5.02 Å². The van der Waals surface area contributed by atoms with Crippen molar-refractivity contribution >= 4 is 35.0 Å². The van der Waals surface area contributed by atoms with E-state index < -0.39 is 0 Å². The van der Waals surface area contributed by atoms with Crippen LogP contribution in [0.25, 0.3) is 0 Å². The topological polar surface area (TPSA) is 41.1 Å². The number of likely N-dealkylation sites (N-methyl/N-ethyl adjacent to an activating group) is 1. The minimum atomic E-state index is -0.283. The maximum Gasteiger partial charge on any atom is 0.246 e. The van der Waals surface area contributed by atoms with Crippen molar-refractivity contribution in [3.05, 3.63) is 22.7 Å². The quantitative estimate of drug-likeness (QED) is 0.805. The molecule has 0 spiro atoms. The van der Waals surface area contributed by atoms with Gasteiger partial charge in [0.1, 0.15) is 6.04 Å². The van der Waals surface area contributed by atoms with Gasteiger partial charge in [0.2, 0.25) is 5.91 Å². The molecule has 0 saturated heterocycles. The second-order valence-corrected chi connectivity index (χ2v) is 7.24. The number of hydrogen-bond donors (Lipinski definition) is 2. The van der Waals surface area contributed by atoms with Gasteiger partial charge in [-0.1, -0.05) is 39.3 Å². The van der Waals surface area contributed by atoms with Gasteiger partial charge in [-0.2, -0.15) is 0 Å². The zero-order valence-corrected chi connectivity index (χ0v) is 13.9. The summed E-state index contributed by atoms with van der Waals surface area (Å²) in [4.78, 5) is 13.0. The van der Waals surface area contributed by atoms with E-state index in [9.17, 15) is 4.79 Å². The fourth-order valence-corrected chi connectivity index (χ4v) is 3.43. The maximum absolute atomic E-state index is 12.0. The summed E-state index contributed by atoms with van der Waals surface area (Å²) in [6.45, 7) is 9.32. The molecule has 2 unspecified atom stereocenters. The van der Waals surface area contributed by atoms with E-state index in [2.05, 4.69) is 31.4 Å². The second kappa shape index (κ2) is 6.37. The van der Waals surface area contributed by atoms with Gasteiger partial charge in [-0.3, -0.25) is 4.79 Å². The normalized spacial score (nSPS) is 19.1. The number of thioether (sulfide) groups is 1. The summed E-state index contributed by atoms with van der Waals surface area (Å²) in [6.07, 6.45) is 0. The highest BCUT2D eigenvalue weighted by Gasteiger charge is 2.31. The summed E-state index contributed by atoms with van der Waals surface area (Å²) in [6, 6.07) is 3.63. The number of carbonyl (C=O) groups is 1. The summed E-state index contributed by atoms with van der Waals surface area (Å²) in [7, 11) is 0. The fourth-order valence-electron chi connectivity index (χ4n) is 2.10. The summed E-state index contributed by atoms with van der Waals surface area (Å²) < 4.78 is 0. The van der Waals surface area contributed by atoms with Crippen molar-refractivity contribution in [2.24, 2.45) is 5.92 Å². The molecular weight excluding hydrogens is 292 g/mol.